The summed E-state index contributed by atoms with van der Waals surface area (Å²) in [5, 5.41) is -0.380. The van der Waals surface area contributed by atoms with E-state index >= 15 is 0 Å². The van der Waals surface area contributed by atoms with Gasteiger partial charge in [0.15, 0.2) is 0 Å². The lowest BCUT2D eigenvalue weighted by Gasteiger charge is -2.10. The van der Waals surface area contributed by atoms with Crippen molar-refractivity contribution in [3.63, 3.8) is 0 Å². The van der Waals surface area contributed by atoms with Gasteiger partial charge in [0.1, 0.15) is 0 Å². The summed E-state index contributed by atoms with van der Waals surface area (Å²) in [6.45, 7) is 0. The number of nitrogens with zero attached hydrogens (tertiary/aromatic N) is 1. The summed E-state index contributed by atoms with van der Waals surface area (Å²) >= 11 is 0. The van der Waals surface area contributed by atoms with Crippen LogP contribution < -0.4 is 0 Å². The number of aromatic amines is 1. The highest BCUT2D eigenvalue weighted by Gasteiger charge is 2.14. The van der Waals surface area contributed by atoms with Gasteiger partial charge in [-0.05, 0) is 64.6 Å². The average molecular weight is 499 g/mol. The number of hydrogen-bond acceptors (Lipinski definition) is 0. The molecule has 8 aromatic rings. The number of benzene rings is 6. The van der Waals surface area contributed by atoms with E-state index in [9.17, 15) is 4.11 Å². The summed E-state index contributed by atoms with van der Waals surface area (Å²) in [7, 11) is 0. The fourth-order valence-electron chi connectivity index (χ4n) is 4.86. The van der Waals surface area contributed by atoms with E-state index in [0.717, 1.165) is 11.1 Å². The zero-order valence-electron chi connectivity index (χ0n) is 33.6. The van der Waals surface area contributed by atoms with Crippen LogP contribution in [0.15, 0.2) is 139 Å². The lowest BCUT2D eigenvalue weighted by molar-refractivity contribution is 1.18. The Kier molecular flexibility index (Phi) is 2.50. The van der Waals surface area contributed by atoms with Crippen LogP contribution in [0.1, 0.15) is 19.2 Å². The second kappa shape index (κ2) is 8.22. The third-order valence-electron chi connectivity index (χ3n) is 6.64. The lowest BCUT2D eigenvalue weighted by Crippen LogP contribution is -1.94. The normalized spacial score (nSPS) is 16.8. The Hall–Kier alpha value is -5.08. The van der Waals surface area contributed by atoms with Gasteiger partial charge in [-0.1, -0.05) is 96.8 Å². The molecule has 8 rings (SSSR count). The number of hydrogen-bond donors (Lipinski definition) is 1. The van der Waals surface area contributed by atoms with Gasteiger partial charge in [-0.15, -0.1) is 0 Å². The molecule has 2 nitrogen and oxygen atoms in total. The minimum atomic E-state index is -0.620. The van der Waals surface area contributed by atoms with Crippen molar-refractivity contribution in [2.24, 2.45) is 0 Å². The van der Waals surface area contributed by atoms with E-state index in [1.54, 1.807) is 12.1 Å². The average Bonchev–Trinajstić information content (AvgIpc) is 3.73. The summed E-state index contributed by atoms with van der Waals surface area (Å²) in [6.07, 6.45) is 0. The smallest absolute Gasteiger partial charge is 0.0652 e. The molecule has 0 spiro atoms. The molecular weight excluding hydrogens is 460 g/mol. The van der Waals surface area contributed by atoms with Crippen LogP contribution in [0, 0.1) is 0 Å². The van der Waals surface area contributed by atoms with Gasteiger partial charge in [0.2, 0.25) is 0 Å². The predicted octanol–water partition coefficient (Wildman–Crippen LogP) is 9.75. The molecule has 178 valence electrons. The molecule has 2 heteroatoms. The zero-order chi connectivity index (χ0) is 37.2. The Labute approximate surface area is 240 Å². The number of nitrogens with one attached hydrogen (secondary N) is 1. The van der Waals surface area contributed by atoms with Gasteiger partial charge >= 0.3 is 0 Å². The Morgan fingerprint density at radius 3 is 2.00 bits per heavy atom. The molecule has 1 N–H and O–H groups in total. The van der Waals surface area contributed by atoms with Crippen LogP contribution in [-0.4, -0.2) is 9.55 Å². The van der Waals surface area contributed by atoms with E-state index in [2.05, 4.69) is 4.98 Å². The largest absolute Gasteiger partial charge is 0.355 e. The molecule has 6 aromatic carbocycles. The van der Waals surface area contributed by atoms with Crippen molar-refractivity contribution in [1.29, 1.82) is 0 Å². The molecule has 2 aromatic heterocycles. The molecule has 0 saturated carbocycles. The maximum absolute atomic E-state index is 9.60. The summed E-state index contributed by atoms with van der Waals surface area (Å²) in [5.41, 5.74) is 1.11. The van der Waals surface area contributed by atoms with Crippen LogP contribution >= 0.6 is 0 Å². The Balaban J connectivity index is 1.54. The van der Waals surface area contributed by atoms with Gasteiger partial charge in [0.25, 0.3) is 0 Å². The van der Waals surface area contributed by atoms with Crippen molar-refractivity contribution in [3.05, 3.63) is 139 Å². The van der Waals surface area contributed by atoms with Gasteiger partial charge in [0, 0.05) is 38.3 Å². The monoisotopic (exact) mass is 498 g/mol. The summed E-state index contributed by atoms with van der Waals surface area (Å²) in [5.74, 6) is 0. The first-order valence-electron chi connectivity index (χ1n) is 18.9. The van der Waals surface area contributed by atoms with Gasteiger partial charge in [-0.3, -0.25) is 0 Å². The molecule has 0 bridgehead atoms. The second-order valence-electron chi connectivity index (χ2n) is 8.82. The van der Waals surface area contributed by atoms with Gasteiger partial charge < -0.3 is 9.55 Å². The quantitative estimate of drug-likeness (QED) is 0.250. The van der Waals surface area contributed by atoms with E-state index < -0.39 is 84.6 Å². The van der Waals surface area contributed by atoms with Crippen LogP contribution in [0.4, 0.5) is 0 Å². The Morgan fingerprint density at radius 2 is 1.13 bits per heavy atom. The van der Waals surface area contributed by atoms with Gasteiger partial charge in [-0.25, -0.2) is 0 Å². The molecule has 0 aliphatic carbocycles. The van der Waals surface area contributed by atoms with Crippen molar-refractivity contribution in [3.8, 4) is 27.9 Å². The molecule has 38 heavy (non-hydrogen) atoms. The standard InChI is InChI=1S/C36H24N2/c1-2-8-24(9-3-1)25-14-18-28(19-15-25)38-35-13-7-5-11-30(35)31-20-16-27(23-36(31)38)26-17-21-34-32(22-26)29-10-4-6-12-33(29)37-34/h1-23,37H/i4D,5D,6D,7D,10D,11D,12D,13D,16D,17D,20D,21D,22D,23D. The van der Waals surface area contributed by atoms with Crippen molar-refractivity contribution < 1.29 is 19.2 Å². The van der Waals surface area contributed by atoms with E-state index in [1.165, 1.54) is 4.57 Å². The van der Waals surface area contributed by atoms with E-state index in [4.69, 9.17) is 15.1 Å². The van der Waals surface area contributed by atoms with Crippen LogP contribution in [0.3, 0.4) is 0 Å². The number of para-hydroxylation sites is 2. The maximum Gasteiger partial charge on any atom is 0.0652 e. The second-order valence-corrected chi connectivity index (χ2v) is 8.82. The highest BCUT2D eigenvalue weighted by Crippen LogP contribution is 2.36. The molecule has 2 heterocycles. The van der Waals surface area contributed by atoms with Crippen molar-refractivity contribution in [2.45, 2.75) is 0 Å². The number of fused-ring (bicyclic) bond motifs is 6. The van der Waals surface area contributed by atoms with Crippen molar-refractivity contribution in [2.75, 3.05) is 0 Å². The predicted molar refractivity (Wildman–Crippen MR) is 161 cm³/mol. The third-order valence-corrected chi connectivity index (χ3v) is 6.64. The summed E-state index contributed by atoms with van der Waals surface area (Å²) in [6, 6.07) is 9.35. The first-order valence-corrected chi connectivity index (χ1v) is 11.9. The molecule has 0 aliphatic heterocycles. The third kappa shape index (κ3) is 3.21. The highest BCUT2D eigenvalue weighted by atomic mass is 15.0. The minimum Gasteiger partial charge on any atom is -0.355 e. The molecule has 0 fully saturated rings. The van der Waals surface area contributed by atoms with Crippen LogP contribution in [0.25, 0.3) is 71.6 Å². The zero-order valence-corrected chi connectivity index (χ0v) is 19.6. The first-order chi connectivity index (χ1) is 24.7. The topological polar surface area (TPSA) is 20.7 Å². The molecule has 0 radical (unpaired) electrons. The number of rotatable bonds is 3. The van der Waals surface area contributed by atoms with Gasteiger partial charge in [0.05, 0.1) is 30.2 Å². The molecular formula is C36H24N2. The molecule has 0 unspecified atom stereocenters. The van der Waals surface area contributed by atoms with Crippen molar-refractivity contribution >= 4 is 43.6 Å². The SMILES string of the molecule is [2H]c1c([2H])c([2H])c2c([nH]c3c([2H])c([2H])c(-c4c([2H])c([2H])c5c6c([2H])c([2H])c([2H])c([2H])c6n(-c6ccc(-c7ccccc7)cc6)c5c4[2H])c([2H])c32)c1[2H]. The fraction of sp³-hybridized carbons (Fsp3) is 0. The molecule has 0 atom stereocenters. The lowest BCUT2D eigenvalue weighted by atomic mass is 10.0. The minimum absolute atomic E-state index is 0.0338. The van der Waals surface area contributed by atoms with E-state index in [1.807, 2.05) is 42.5 Å². The highest BCUT2D eigenvalue weighted by molar-refractivity contribution is 6.11. The van der Waals surface area contributed by atoms with E-state index in [0.29, 0.717) is 5.69 Å². The maximum atomic E-state index is 9.60. The first kappa shape index (κ1) is 11.5. The van der Waals surface area contributed by atoms with Crippen LogP contribution in [0.5, 0.6) is 0 Å². The van der Waals surface area contributed by atoms with Gasteiger partial charge in [-0.2, -0.15) is 0 Å². The number of aromatic nitrogens is 2. The fourth-order valence-corrected chi connectivity index (χ4v) is 4.86. The molecule has 0 saturated heterocycles. The van der Waals surface area contributed by atoms with E-state index in [-0.39, 0.29) is 54.7 Å². The molecule has 0 amide bonds. The Morgan fingerprint density at radius 1 is 0.474 bits per heavy atom. The Bertz CT molecular complexity index is 2880. The van der Waals surface area contributed by atoms with Crippen molar-refractivity contribution in [1.82, 2.24) is 9.55 Å². The number of H-pyrrole nitrogens is 1. The molecule has 0 aliphatic rings. The summed E-state index contributed by atoms with van der Waals surface area (Å²) in [4.78, 5) is 2.79. The van der Waals surface area contributed by atoms with Crippen LogP contribution in [0.2, 0.25) is 0 Å². The summed E-state index contributed by atoms with van der Waals surface area (Å²) < 4.78 is 125. The van der Waals surface area contributed by atoms with Crippen LogP contribution in [-0.2, 0) is 0 Å².